The number of thioether (sulfide) groups is 1. The molecule has 1 unspecified atom stereocenters. The molecule has 0 saturated heterocycles. The van der Waals surface area contributed by atoms with Gasteiger partial charge >= 0.3 is 11.9 Å². The van der Waals surface area contributed by atoms with E-state index in [1.165, 1.54) is 14.2 Å². The smallest absolute Gasteiger partial charge is 0.341 e. The highest BCUT2D eigenvalue weighted by Gasteiger charge is 2.16. The molecule has 1 aromatic rings. The van der Waals surface area contributed by atoms with Crippen LogP contribution in [0.25, 0.3) is 0 Å². The lowest BCUT2D eigenvalue weighted by Gasteiger charge is -2.07. The first-order valence-corrected chi connectivity index (χ1v) is 6.88. The molecule has 0 aliphatic heterocycles. The number of rotatable bonds is 6. The van der Waals surface area contributed by atoms with Crippen molar-refractivity contribution in [2.24, 2.45) is 0 Å². The predicted molar refractivity (Wildman–Crippen MR) is 72.2 cm³/mol. The van der Waals surface area contributed by atoms with E-state index in [2.05, 4.69) is 9.47 Å². The van der Waals surface area contributed by atoms with Crippen LogP contribution in [0.15, 0.2) is 10.5 Å². The molecule has 1 aromatic heterocycles. The third-order valence-corrected chi connectivity index (χ3v) is 3.75. The number of carbonyl (C=O) groups excluding carboxylic acids is 2. The zero-order chi connectivity index (χ0) is 14.4. The van der Waals surface area contributed by atoms with E-state index in [-0.39, 0.29) is 11.2 Å². The zero-order valence-electron chi connectivity index (χ0n) is 11.5. The number of aryl methyl sites for hydroxylation is 1. The Morgan fingerprint density at radius 3 is 2.63 bits per heavy atom. The van der Waals surface area contributed by atoms with Crippen molar-refractivity contribution >= 4 is 23.7 Å². The SMILES string of the molecule is COC(=O)CC(C)SCc1cc(C(=O)OC)c(C)o1. The first-order chi connectivity index (χ1) is 8.97. The maximum absolute atomic E-state index is 11.4. The summed E-state index contributed by atoms with van der Waals surface area (Å²) in [4.78, 5) is 22.5. The topological polar surface area (TPSA) is 65.7 Å². The summed E-state index contributed by atoms with van der Waals surface area (Å²) in [6.45, 7) is 3.66. The van der Waals surface area contributed by atoms with Gasteiger partial charge in [-0.3, -0.25) is 4.79 Å². The van der Waals surface area contributed by atoms with Crippen molar-refractivity contribution in [1.29, 1.82) is 0 Å². The van der Waals surface area contributed by atoms with Gasteiger partial charge in [-0.1, -0.05) is 6.92 Å². The van der Waals surface area contributed by atoms with Crippen molar-refractivity contribution in [2.75, 3.05) is 14.2 Å². The third-order valence-electron chi connectivity index (χ3n) is 2.57. The summed E-state index contributed by atoms with van der Waals surface area (Å²) in [6.07, 6.45) is 0.352. The van der Waals surface area contributed by atoms with Gasteiger partial charge in [0.15, 0.2) is 0 Å². The number of furan rings is 1. The Balaban J connectivity index is 2.54. The Hall–Kier alpha value is -1.43. The summed E-state index contributed by atoms with van der Waals surface area (Å²) in [5, 5.41) is 0.124. The van der Waals surface area contributed by atoms with E-state index in [1.54, 1.807) is 24.8 Å². The van der Waals surface area contributed by atoms with Crippen LogP contribution in [-0.4, -0.2) is 31.4 Å². The number of carbonyl (C=O) groups is 2. The average Bonchev–Trinajstić information content (AvgIpc) is 2.76. The van der Waals surface area contributed by atoms with Gasteiger partial charge < -0.3 is 13.9 Å². The molecule has 106 valence electrons. The van der Waals surface area contributed by atoms with Crippen LogP contribution < -0.4 is 0 Å². The Morgan fingerprint density at radius 2 is 2.05 bits per heavy atom. The van der Waals surface area contributed by atoms with E-state index in [4.69, 9.17) is 4.42 Å². The second-order valence-corrected chi connectivity index (χ2v) is 5.50. The van der Waals surface area contributed by atoms with E-state index in [9.17, 15) is 9.59 Å². The second kappa shape index (κ2) is 7.23. The van der Waals surface area contributed by atoms with Gasteiger partial charge in [0.1, 0.15) is 17.1 Å². The van der Waals surface area contributed by atoms with E-state index in [0.717, 1.165) is 0 Å². The van der Waals surface area contributed by atoms with Gasteiger partial charge in [-0.2, -0.15) is 11.8 Å². The lowest BCUT2D eigenvalue weighted by atomic mass is 10.2. The van der Waals surface area contributed by atoms with Gasteiger partial charge in [0.2, 0.25) is 0 Å². The van der Waals surface area contributed by atoms with E-state index >= 15 is 0 Å². The zero-order valence-corrected chi connectivity index (χ0v) is 12.3. The standard InChI is InChI=1S/C13H18O5S/c1-8(5-12(14)16-3)19-7-10-6-11(9(2)18-10)13(15)17-4/h6,8H,5,7H2,1-4H3. The van der Waals surface area contributed by atoms with Crippen LogP contribution in [0.2, 0.25) is 0 Å². The molecule has 0 N–H and O–H groups in total. The minimum Gasteiger partial charge on any atom is -0.469 e. The van der Waals surface area contributed by atoms with Crippen LogP contribution in [-0.2, 0) is 20.0 Å². The van der Waals surface area contributed by atoms with Gasteiger partial charge in [0.05, 0.1) is 26.4 Å². The van der Waals surface area contributed by atoms with Crippen LogP contribution in [0.1, 0.15) is 35.2 Å². The Kier molecular flexibility index (Phi) is 5.95. The molecular formula is C13H18O5S. The lowest BCUT2D eigenvalue weighted by molar-refractivity contribution is -0.140. The monoisotopic (exact) mass is 286 g/mol. The fourth-order valence-electron chi connectivity index (χ4n) is 1.53. The van der Waals surface area contributed by atoms with Crippen molar-refractivity contribution in [2.45, 2.75) is 31.3 Å². The van der Waals surface area contributed by atoms with Crippen LogP contribution in [0.5, 0.6) is 0 Å². The van der Waals surface area contributed by atoms with E-state index < -0.39 is 5.97 Å². The number of methoxy groups -OCH3 is 2. The highest BCUT2D eigenvalue weighted by Crippen LogP contribution is 2.24. The molecule has 0 aliphatic carbocycles. The van der Waals surface area contributed by atoms with Crippen LogP contribution in [0.3, 0.4) is 0 Å². The summed E-state index contributed by atoms with van der Waals surface area (Å²) in [5.74, 6) is 1.20. The van der Waals surface area contributed by atoms with Crippen molar-refractivity contribution < 1.29 is 23.5 Å². The van der Waals surface area contributed by atoms with Crippen LogP contribution in [0, 0.1) is 6.92 Å². The van der Waals surface area contributed by atoms with E-state index in [0.29, 0.717) is 29.3 Å². The van der Waals surface area contributed by atoms with Crippen molar-refractivity contribution in [3.8, 4) is 0 Å². The van der Waals surface area contributed by atoms with E-state index in [1.807, 2.05) is 6.92 Å². The minimum absolute atomic E-state index is 0.124. The molecule has 0 aliphatic rings. The van der Waals surface area contributed by atoms with Gasteiger partial charge in [-0.25, -0.2) is 4.79 Å². The Bertz CT molecular complexity index is 452. The minimum atomic E-state index is -0.403. The highest BCUT2D eigenvalue weighted by atomic mass is 32.2. The molecule has 6 heteroatoms. The van der Waals surface area contributed by atoms with Crippen molar-refractivity contribution in [3.05, 3.63) is 23.2 Å². The summed E-state index contributed by atoms with van der Waals surface area (Å²) in [7, 11) is 2.71. The second-order valence-electron chi connectivity index (χ2n) is 4.08. The summed E-state index contributed by atoms with van der Waals surface area (Å²) in [5.41, 5.74) is 0.443. The molecule has 0 amide bonds. The van der Waals surface area contributed by atoms with Gasteiger partial charge in [-0.15, -0.1) is 0 Å². The molecule has 0 bridgehead atoms. The quantitative estimate of drug-likeness (QED) is 0.749. The summed E-state index contributed by atoms with van der Waals surface area (Å²) in [6, 6.07) is 1.68. The molecule has 1 atom stereocenters. The van der Waals surface area contributed by atoms with Crippen LogP contribution >= 0.6 is 11.8 Å². The molecule has 0 fully saturated rings. The predicted octanol–water partition coefficient (Wildman–Crippen LogP) is 2.56. The van der Waals surface area contributed by atoms with Crippen molar-refractivity contribution in [1.82, 2.24) is 0 Å². The first-order valence-electron chi connectivity index (χ1n) is 5.84. The fourth-order valence-corrected chi connectivity index (χ4v) is 2.37. The van der Waals surface area contributed by atoms with Gasteiger partial charge in [0.25, 0.3) is 0 Å². The normalized spacial score (nSPS) is 12.0. The Morgan fingerprint density at radius 1 is 1.37 bits per heavy atom. The molecule has 1 heterocycles. The van der Waals surface area contributed by atoms with Gasteiger partial charge in [-0.05, 0) is 13.0 Å². The first kappa shape index (κ1) is 15.6. The lowest BCUT2D eigenvalue weighted by Crippen LogP contribution is -2.08. The van der Waals surface area contributed by atoms with Crippen LogP contribution in [0.4, 0.5) is 0 Å². The molecular weight excluding hydrogens is 268 g/mol. The number of hydrogen-bond donors (Lipinski definition) is 0. The molecule has 1 rings (SSSR count). The van der Waals surface area contributed by atoms with Crippen molar-refractivity contribution in [3.63, 3.8) is 0 Å². The molecule has 0 radical (unpaired) electrons. The third kappa shape index (κ3) is 4.63. The molecule has 5 nitrogen and oxygen atoms in total. The number of hydrogen-bond acceptors (Lipinski definition) is 6. The average molecular weight is 286 g/mol. The molecule has 19 heavy (non-hydrogen) atoms. The summed E-state index contributed by atoms with van der Waals surface area (Å²) >= 11 is 1.57. The molecule has 0 spiro atoms. The fraction of sp³-hybridized carbons (Fsp3) is 0.538. The number of ether oxygens (including phenoxy) is 2. The maximum Gasteiger partial charge on any atom is 0.341 e. The number of esters is 2. The molecule has 0 saturated carbocycles. The molecule has 0 aromatic carbocycles. The highest BCUT2D eigenvalue weighted by molar-refractivity contribution is 7.99. The maximum atomic E-state index is 11.4. The van der Waals surface area contributed by atoms with Gasteiger partial charge in [0, 0.05) is 5.25 Å². The largest absolute Gasteiger partial charge is 0.469 e. The summed E-state index contributed by atoms with van der Waals surface area (Å²) < 4.78 is 14.7. The Labute approximate surface area is 116 Å².